The Morgan fingerprint density at radius 1 is 1.43 bits per heavy atom. The zero-order valence-electron chi connectivity index (χ0n) is 7.33. The molecule has 0 radical (unpaired) electrons. The van der Waals surface area contributed by atoms with Crippen LogP contribution in [0, 0.1) is 0 Å². The lowest BCUT2D eigenvalue weighted by Crippen LogP contribution is -2.02. The summed E-state index contributed by atoms with van der Waals surface area (Å²) in [5.74, 6) is 0. The molecule has 14 heavy (non-hydrogen) atoms. The minimum Gasteiger partial charge on any atom is -0.265 e. The van der Waals surface area contributed by atoms with Crippen LogP contribution in [0.1, 0.15) is 5.56 Å². The summed E-state index contributed by atoms with van der Waals surface area (Å²) in [6, 6.07) is 5.11. The van der Waals surface area contributed by atoms with E-state index in [2.05, 4.69) is 20.1 Å². The van der Waals surface area contributed by atoms with Gasteiger partial charge in [0.05, 0.1) is 12.9 Å². The van der Waals surface area contributed by atoms with Gasteiger partial charge in [0.2, 0.25) is 0 Å². The average Bonchev–Trinajstić information content (AvgIpc) is 1.97. The van der Waals surface area contributed by atoms with Crippen LogP contribution < -0.4 is 0 Å². The lowest BCUT2D eigenvalue weighted by atomic mass is 10.2. The maximum absolute atomic E-state index is 10.7. The van der Waals surface area contributed by atoms with E-state index < -0.39 is 10.1 Å². The van der Waals surface area contributed by atoms with E-state index in [0.717, 1.165) is 10.7 Å². The zero-order chi connectivity index (χ0) is 10.8. The monoisotopic (exact) mass is 298 g/mol. The molecule has 1 rings (SSSR count). The molecule has 3 nitrogen and oxygen atoms in total. The van der Waals surface area contributed by atoms with Crippen molar-refractivity contribution >= 4 is 37.6 Å². The van der Waals surface area contributed by atoms with Crippen molar-refractivity contribution in [2.75, 3.05) is 6.26 Å². The summed E-state index contributed by atoms with van der Waals surface area (Å²) in [5, 5.41) is 0.534. The van der Waals surface area contributed by atoms with Gasteiger partial charge in [0.1, 0.15) is 0 Å². The highest BCUT2D eigenvalue weighted by atomic mass is 79.9. The second kappa shape index (κ2) is 4.61. The van der Waals surface area contributed by atoms with Gasteiger partial charge in [-0.1, -0.05) is 27.5 Å². The highest BCUT2D eigenvalue weighted by molar-refractivity contribution is 9.10. The van der Waals surface area contributed by atoms with E-state index >= 15 is 0 Å². The largest absolute Gasteiger partial charge is 0.265 e. The third-order valence-electron chi connectivity index (χ3n) is 1.36. The molecule has 0 heterocycles. The van der Waals surface area contributed by atoms with Crippen LogP contribution in [0.5, 0.6) is 0 Å². The molecule has 0 saturated carbocycles. The Bertz CT molecular complexity index is 410. The normalized spacial score (nSPS) is 11.6. The first-order valence-corrected chi connectivity index (χ1v) is 6.65. The van der Waals surface area contributed by atoms with Crippen molar-refractivity contribution in [1.82, 2.24) is 0 Å². The SMILES string of the molecule is CS(=O)(=O)OCc1cc(Cl)cc(Br)c1. The molecule has 0 atom stereocenters. The van der Waals surface area contributed by atoms with Crippen LogP contribution in [0.15, 0.2) is 22.7 Å². The maximum Gasteiger partial charge on any atom is 0.264 e. The Morgan fingerprint density at radius 2 is 2.07 bits per heavy atom. The average molecular weight is 300 g/mol. The van der Waals surface area contributed by atoms with Crippen molar-refractivity contribution in [3.05, 3.63) is 33.3 Å². The second-order valence-corrected chi connectivity index (χ2v) is 5.74. The van der Waals surface area contributed by atoms with E-state index in [1.54, 1.807) is 18.2 Å². The van der Waals surface area contributed by atoms with Crippen LogP contribution in [-0.2, 0) is 20.9 Å². The molecule has 0 fully saturated rings. The Hall–Kier alpha value is -0.100. The first kappa shape index (κ1) is 12.0. The van der Waals surface area contributed by atoms with Crippen LogP contribution in [0.2, 0.25) is 5.02 Å². The maximum atomic E-state index is 10.7. The quantitative estimate of drug-likeness (QED) is 0.806. The third kappa shape index (κ3) is 4.41. The summed E-state index contributed by atoms with van der Waals surface area (Å²) < 4.78 is 26.8. The van der Waals surface area contributed by atoms with Crippen LogP contribution >= 0.6 is 27.5 Å². The predicted octanol–water partition coefficient (Wildman–Crippen LogP) is 2.58. The molecule has 0 unspecified atom stereocenters. The van der Waals surface area contributed by atoms with Gasteiger partial charge < -0.3 is 0 Å². The van der Waals surface area contributed by atoms with Crippen LogP contribution in [0.25, 0.3) is 0 Å². The van der Waals surface area contributed by atoms with Crippen molar-refractivity contribution < 1.29 is 12.6 Å². The molecule has 0 bridgehead atoms. The first-order valence-electron chi connectivity index (χ1n) is 3.66. The molecule has 1 aromatic carbocycles. The molecule has 0 spiro atoms. The number of rotatable bonds is 3. The number of hydrogen-bond donors (Lipinski definition) is 0. The Labute approximate surface area is 96.3 Å². The van der Waals surface area contributed by atoms with E-state index in [4.69, 9.17) is 11.6 Å². The van der Waals surface area contributed by atoms with Gasteiger partial charge in [-0.3, -0.25) is 4.18 Å². The van der Waals surface area contributed by atoms with E-state index in [1.807, 2.05) is 0 Å². The van der Waals surface area contributed by atoms with Gasteiger partial charge in [0.15, 0.2) is 0 Å². The predicted molar refractivity (Wildman–Crippen MR) is 58.8 cm³/mol. The van der Waals surface area contributed by atoms with E-state index in [0.29, 0.717) is 10.6 Å². The van der Waals surface area contributed by atoms with Crippen LogP contribution in [0.3, 0.4) is 0 Å². The fourth-order valence-corrected chi connectivity index (χ4v) is 2.15. The molecule has 0 aliphatic rings. The van der Waals surface area contributed by atoms with Gasteiger partial charge in [-0.05, 0) is 23.8 Å². The Kier molecular flexibility index (Phi) is 3.94. The molecule has 0 N–H and O–H groups in total. The molecule has 1 aromatic rings. The van der Waals surface area contributed by atoms with Crippen LogP contribution in [-0.4, -0.2) is 14.7 Å². The van der Waals surface area contributed by atoms with Gasteiger partial charge in [0.25, 0.3) is 10.1 Å². The summed E-state index contributed by atoms with van der Waals surface area (Å²) in [5.41, 5.74) is 0.704. The van der Waals surface area contributed by atoms with Crippen molar-refractivity contribution in [3.8, 4) is 0 Å². The fraction of sp³-hybridized carbons (Fsp3) is 0.250. The standard InChI is InChI=1S/C8H8BrClO3S/c1-14(11,12)13-5-6-2-7(9)4-8(10)3-6/h2-4H,5H2,1H3. The van der Waals surface area contributed by atoms with Crippen molar-refractivity contribution in [2.45, 2.75) is 6.61 Å². The van der Waals surface area contributed by atoms with Gasteiger partial charge in [0, 0.05) is 9.50 Å². The molecule has 0 aliphatic carbocycles. The zero-order valence-corrected chi connectivity index (χ0v) is 10.5. The molecular weight excluding hydrogens is 292 g/mol. The van der Waals surface area contributed by atoms with Gasteiger partial charge >= 0.3 is 0 Å². The minimum absolute atomic E-state index is 0.00199. The topological polar surface area (TPSA) is 43.4 Å². The molecule has 0 aliphatic heterocycles. The van der Waals surface area contributed by atoms with E-state index in [1.165, 1.54) is 0 Å². The number of hydrogen-bond acceptors (Lipinski definition) is 3. The first-order chi connectivity index (χ1) is 6.37. The summed E-state index contributed by atoms with van der Waals surface area (Å²) in [6.07, 6.45) is 1.01. The van der Waals surface area contributed by atoms with Crippen molar-refractivity contribution in [1.29, 1.82) is 0 Å². The smallest absolute Gasteiger partial charge is 0.264 e. The fourth-order valence-electron chi connectivity index (χ4n) is 0.869. The lowest BCUT2D eigenvalue weighted by molar-refractivity contribution is 0.311. The molecular formula is C8H8BrClO3S. The number of halogens is 2. The van der Waals surface area contributed by atoms with E-state index in [9.17, 15) is 8.42 Å². The van der Waals surface area contributed by atoms with Crippen LogP contribution in [0.4, 0.5) is 0 Å². The lowest BCUT2D eigenvalue weighted by Gasteiger charge is -2.02. The molecule has 0 amide bonds. The summed E-state index contributed by atoms with van der Waals surface area (Å²) in [6.45, 7) is -0.00199. The highest BCUT2D eigenvalue weighted by Gasteiger charge is 2.04. The molecule has 0 aromatic heterocycles. The Morgan fingerprint density at radius 3 is 2.57 bits per heavy atom. The van der Waals surface area contributed by atoms with Gasteiger partial charge in [-0.15, -0.1) is 0 Å². The van der Waals surface area contributed by atoms with Crippen molar-refractivity contribution in [3.63, 3.8) is 0 Å². The summed E-state index contributed by atoms with van der Waals surface area (Å²) >= 11 is 9.01. The number of benzene rings is 1. The molecule has 78 valence electrons. The van der Waals surface area contributed by atoms with Gasteiger partial charge in [-0.2, -0.15) is 8.42 Å². The Balaban J connectivity index is 2.78. The van der Waals surface area contributed by atoms with Crippen molar-refractivity contribution in [2.24, 2.45) is 0 Å². The second-order valence-electron chi connectivity index (χ2n) is 2.74. The molecule has 0 saturated heterocycles. The molecule has 6 heteroatoms. The summed E-state index contributed by atoms with van der Waals surface area (Å²) in [4.78, 5) is 0. The minimum atomic E-state index is -3.41. The summed E-state index contributed by atoms with van der Waals surface area (Å²) in [7, 11) is -3.41. The van der Waals surface area contributed by atoms with E-state index in [-0.39, 0.29) is 6.61 Å². The third-order valence-corrected chi connectivity index (χ3v) is 2.58. The highest BCUT2D eigenvalue weighted by Crippen LogP contribution is 2.20. The van der Waals surface area contributed by atoms with Gasteiger partial charge in [-0.25, -0.2) is 0 Å².